The predicted molar refractivity (Wildman–Crippen MR) is 160 cm³/mol. The summed E-state index contributed by atoms with van der Waals surface area (Å²) in [7, 11) is 0. The molecule has 1 saturated heterocycles. The van der Waals surface area contributed by atoms with Crippen LogP contribution in [0.5, 0.6) is 5.75 Å². The highest BCUT2D eigenvalue weighted by Gasteiger charge is 2.63. The van der Waals surface area contributed by atoms with Crippen LogP contribution < -0.4 is 9.64 Å². The second kappa shape index (κ2) is 12.6. The Hall–Kier alpha value is -4.37. The first-order chi connectivity index (χ1) is 21.3. The number of alkyl halides is 6. The first kappa shape index (κ1) is 32.0. The first-order valence-corrected chi connectivity index (χ1v) is 14.6. The lowest BCUT2D eigenvalue weighted by molar-refractivity contribution is -0.274. The molecule has 4 aromatic rings. The van der Waals surface area contributed by atoms with E-state index in [1.807, 2.05) is 13.8 Å². The average molecular weight is 649 g/mol. The predicted octanol–water partition coefficient (Wildman–Crippen LogP) is 7.54. The highest BCUT2D eigenvalue weighted by Crippen LogP contribution is 2.47. The first-order valence-electron chi connectivity index (χ1n) is 13.6. The summed E-state index contributed by atoms with van der Waals surface area (Å²) in [6.07, 6.45) is -6.28. The minimum Gasteiger partial charge on any atom is -0.406 e. The van der Waals surface area contributed by atoms with Crippen molar-refractivity contribution in [1.82, 2.24) is 14.8 Å². The highest BCUT2D eigenvalue weighted by molar-refractivity contribution is 8.14. The average Bonchev–Trinajstić information content (AvgIpc) is 3.62. The molecule has 0 saturated carbocycles. The molecule has 0 amide bonds. The molecule has 45 heavy (non-hydrogen) atoms. The van der Waals surface area contributed by atoms with Gasteiger partial charge in [-0.3, -0.25) is 4.90 Å². The van der Waals surface area contributed by atoms with Gasteiger partial charge in [0.25, 0.3) is 5.72 Å². The minimum absolute atomic E-state index is 0.0631. The van der Waals surface area contributed by atoms with Gasteiger partial charge in [-0.25, -0.2) is 9.67 Å². The van der Waals surface area contributed by atoms with Gasteiger partial charge < -0.3 is 9.84 Å². The number of hydrogen-bond donors (Lipinski definition) is 1. The maximum Gasteiger partial charge on any atom is 0.573 e. The number of anilines is 1. The van der Waals surface area contributed by atoms with Crippen molar-refractivity contribution in [2.45, 2.75) is 44.4 Å². The summed E-state index contributed by atoms with van der Waals surface area (Å²) < 4.78 is 84.9. The number of thioether (sulfide) groups is 1. The van der Waals surface area contributed by atoms with Crippen molar-refractivity contribution in [2.24, 2.45) is 10.2 Å². The van der Waals surface area contributed by atoms with Crippen LogP contribution in [0.25, 0.3) is 17.1 Å². The number of rotatable bonds is 8. The molecule has 0 bridgehead atoms. The second-order valence-electron chi connectivity index (χ2n) is 10.1. The SMILES string of the molecule is CCC(C)c1ccccc1N1/C(=N/N=C/c2ccc(-c3ncn(-c4ccc(OC(F)(F)F)cc4)n3)cc2)SCC1(O)C(F)(F)F. The lowest BCUT2D eigenvalue weighted by atomic mass is 9.95. The van der Waals surface area contributed by atoms with Gasteiger partial charge in [0.1, 0.15) is 12.1 Å². The van der Waals surface area contributed by atoms with E-state index in [-0.39, 0.29) is 22.5 Å². The Morgan fingerprint density at radius 1 is 1.02 bits per heavy atom. The van der Waals surface area contributed by atoms with Crippen molar-refractivity contribution < 1.29 is 36.2 Å². The van der Waals surface area contributed by atoms with E-state index < -0.39 is 24.0 Å². The molecule has 1 aliphatic heterocycles. The van der Waals surface area contributed by atoms with Crippen LogP contribution in [-0.2, 0) is 0 Å². The summed E-state index contributed by atoms with van der Waals surface area (Å²) >= 11 is 0.762. The summed E-state index contributed by atoms with van der Waals surface area (Å²) in [5.41, 5.74) is -0.610. The number of para-hydroxylation sites is 1. The normalized spacial score (nSPS) is 19.0. The van der Waals surface area contributed by atoms with Gasteiger partial charge in [-0.1, -0.05) is 68.1 Å². The molecule has 2 unspecified atom stereocenters. The summed E-state index contributed by atoms with van der Waals surface area (Å²) in [6, 6.07) is 18.6. The molecular weight excluding hydrogens is 622 g/mol. The van der Waals surface area contributed by atoms with Gasteiger partial charge in [0.2, 0.25) is 0 Å². The molecule has 2 heterocycles. The van der Waals surface area contributed by atoms with Crippen molar-refractivity contribution in [3.63, 3.8) is 0 Å². The van der Waals surface area contributed by atoms with Crippen LogP contribution in [0.2, 0.25) is 0 Å². The zero-order valence-corrected chi connectivity index (χ0v) is 24.6. The van der Waals surface area contributed by atoms with Crippen molar-refractivity contribution in [1.29, 1.82) is 0 Å². The molecular formula is C30H26F6N6O2S. The van der Waals surface area contributed by atoms with Gasteiger partial charge in [-0.2, -0.15) is 18.3 Å². The molecule has 2 atom stereocenters. The Morgan fingerprint density at radius 2 is 1.71 bits per heavy atom. The van der Waals surface area contributed by atoms with Gasteiger partial charge >= 0.3 is 12.5 Å². The fourth-order valence-electron chi connectivity index (χ4n) is 4.55. The number of hydrogen-bond acceptors (Lipinski definition) is 7. The van der Waals surface area contributed by atoms with Crippen LogP contribution in [0, 0.1) is 0 Å². The molecule has 1 fully saturated rings. The molecule has 8 nitrogen and oxygen atoms in total. The molecule has 236 valence electrons. The summed E-state index contributed by atoms with van der Waals surface area (Å²) in [5, 5.41) is 23.2. The Morgan fingerprint density at radius 3 is 2.36 bits per heavy atom. The number of aromatic nitrogens is 3. The number of ether oxygens (including phenoxy) is 1. The van der Waals surface area contributed by atoms with Crippen LogP contribution in [0.4, 0.5) is 32.0 Å². The molecule has 15 heteroatoms. The Balaban J connectivity index is 1.34. The maximum atomic E-state index is 14.1. The van der Waals surface area contributed by atoms with Gasteiger partial charge in [-0.15, -0.1) is 23.4 Å². The van der Waals surface area contributed by atoms with Crippen LogP contribution in [0.15, 0.2) is 89.3 Å². The van der Waals surface area contributed by atoms with E-state index in [9.17, 15) is 31.4 Å². The Kier molecular flexibility index (Phi) is 8.94. The lowest BCUT2D eigenvalue weighted by Crippen LogP contribution is -2.58. The quantitative estimate of drug-likeness (QED) is 0.121. The van der Waals surface area contributed by atoms with E-state index in [0.29, 0.717) is 34.6 Å². The largest absolute Gasteiger partial charge is 0.573 e. The van der Waals surface area contributed by atoms with Crippen LogP contribution in [-0.4, -0.2) is 55.3 Å². The third-order valence-electron chi connectivity index (χ3n) is 7.08. The molecule has 0 spiro atoms. The number of nitrogens with zero attached hydrogens (tertiary/aromatic N) is 6. The third kappa shape index (κ3) is 6.99. The maximum absolute atomic E-state index is 14.1. The molecule has 1 aliphatic rings. The van der Waals surface area contributed by atoms with Gasteiger partial charge in [-0.05, 0) is 53.8 Å². The number of benzene rings is 3. The fraction of sp³-hybridized carbons (Fsp3) is 0.267. The zero-order valence-electron chi connectivity index (χ0n) is 23.8. The van der Waals surface area contributed by atoms with Crippen molar-refractivity contribution in [3.05, 3.63) is 90.3 Å². The Bertz CT molecular complexity index is 1690. The molecule has 5 rings (SSSR count). The van der Waals surface area contributed by atoms with E-state index >= 15 is 0 Å². The van der Waals surface area contributed by atoms with Gasteiger partial charge in [0.05, 0.1) is 17.7 Å². The van der Waals surface area contributed by atoms with E-state index in [1.165, 1.54) is 47.6 Å². The van der Waals surface area contributed by atoms with Crippen LogP contribution in [0.1, 0.15) is 37.3 Å². The molecule has 3 aromatic carbocycles. The van der Waals surface area contributed by atoms with Crippen molar-refractivity contribution in [3.8, 4) is 22.8 Å². The third-order valence-corrected chi connectivity index (χ3v) is 8.15. The molecule has 1 N–H and O–H groups in total. The van der Waals surface area contributed by atoms with Crippen molar-refractivity contribution in [2.75, 3.05) is 10.7 Å². The van der Waals surface area contributed by atoms with Crippen molar-refractivity contribution >= 4 is 28.8 Å². The van der Waals surface area contributed by atoms with E-state index in [1.54, 1.807) is 42.5 Å². The summed E-state index contributed by atoms with van der Waals surface area (Å²) in [6.45, 7) is 3.84. The minimum atomic E-state index is -4.95. The number of aliphatic hydroxyl groups is 1. The number of halogens is 6. The van der Waals surface area contributed by atoms with Gasteiger partial charge in [0.15, 0.2) is 11.0 Å². The second-order valence-corrected chi connectivity index (χ2v) is 11.1. The molecule has 1 aromatic heterocycles. The van der Waals surface area contributed by atoms with Crippen LogP contribution >= 0.6 is 11.8 Å². The standard InChI is InChI=1S/C30H26F6N6O2S/c1-3-19(2)24-6-4-5-7-25(24)42-27(45-17-28(42,43)29(31,32)33)39-38-16-20-8-10-21(11-9-20)26-37-18-41(40-26)22-12-14-23(15-13-22)44-30(34,35)36/h4-16,18-19,43H,3,17H2,1-2H3/b38-16+,39-27-. The Labute approximate surface area is 258 Å². The highest BCUT2D eigenvalue weighted by atomic mass is 32.2. The van der Waals surface area contributed by atoms with E-state index in [4.69, 9.17) is 0 Å². The van der Waals surface area contributed by atoms with Crippen LogP contribution in [0.3, 0.4) is 0 Å². The monoisotopic (exact) mass is 648 g/mol. The zero-order chi connectivity index (χ0) is 32.4. The smallest absolute Gasteiger partial charge is 0.406 e. The fourth-order valence-corrected chi connectivity index (χ4v) is 5.65. The summed E-state index contributed by atoms with van der Waals surface area (Å²) in [5.74, 6) is -0.745. The van der Waals surface area contributed by atoms with Gasteiger partial charge in [0, 0.05) is 11.3 Å². The molecule has 0 radical (unpaired) electrons. The molecule has 0 aliphatic carbocycles. The lowest BCUT2D eigenvalue weighted by Gasteiger charge is -2.36. The topological polar surface area (TPSA) is 88.1 Å². The van der Waals surface area contributed by atoms with E-state index in [0.717, 1.165) is 16.7 Å². The van der Waals surface area contributed by atoms with E-state index in [2.05, 4.69) is 25.0 Å². The summed E-state index contributed by atoms with van der Waals surface area (Å²) in [4.78, 5) is 5.06. The number of amidine groups is 1.